The highest BCUT2D eigenvalue weighted by atomic mass is 32.2. The van der Waals surface area contributed by atoms with Crippen molar-refractivity contribution < 1.29 is 0 Å². The Morgan fingerprint density at radius 2 is 1.59 bits per heavy atom. The first kappa shape index (κ1) is 17.6. The Labute approximate surface area is 144 Å². The van der Waals surface area contributed by atoms with E-state index in [1.807, 2.05) is 23.1 Å². The molecule has 22 heavy (non-hydrogen) atoms. The second kappa shape index (κ2) is 8.19. The summed E-state index contributed by atoms with van der Waals surface area (Å²) < 4.78 is 2.62. The Hall–Kier alpha value is -0.770. The molecule has 3 heteroatoms. The van der Waals surface area contributed by atoms with Gasteiger partial charge in [-0.25, -0.2) is 0 Å². The molecule has 0 aliphatic heterocycles. The summed E-state index contributed by atoms with van der Waals surface area (Å²) in [6.45, 7) is 12.7. The highest BCUT2D eigenvalue weighted by Crippen LogP contribution is 2.43. The first-order chi connectivity index (χ1) is 10.7. The van der Waals surface area contributed by atoms with E-state index in [0.717, 1.165) is 16.7 Å². The lowest BCUT2D eigenvalue weighted by Gasteiger charge is -2.35. The van der Waals surface area contributed by atoms with Gasteiger partial charge >= 0.3 is 0 Å². The smallest absolute Gasteiger partial charge is 0.157 e. The predicted molar refractivity (Wildman–Crippen MR) is 103 cm³/mol. The van der Waals surface area contributed by atoms with Crippen molar-refractivity contribution in [2.24, 2.45) is 0 Å². The Balaban J connectivity index is 2.28. The minimum absolute atomic E-state index is 1.06. The van der Waals surface area contributed by atoms with Crippen LogP contribution in [0, 0.1) is 0 Å². The minimum atomic E-state index is 1.06. The molecule has 1 heterocycles. The molecular weight excluding hydrogens is 306 g/mol. The molecular formula is C19H28NS2+. The van der Waals surface area contributed by atoms with Crippen molar-refractivity contribution in [2.45, 2.75) is 44.1 Å². The minimum Gasteiger partial charge on any atom is -0.290 e. The number of thiophene rings is 1. The van der Waals surface area contributed by atoms with E-state index in [1.165, 1.54) is 34.3 Å². The van der Waals surface area contributed by atoms with E-state index in [9.17, 15) is 0 Å². The summed E-state index contributed by atoms with van der Waals surface area (Å²) in [5.74, 6) is 1.06. The maximum absolute atomic E-state index is 2.47. The summed E-state index contributed by atoms with van der Waals surface area (Å²) >= 11 is 4.01. The van der Waals surface area contributed by atoms with E-state index < -0.39 is 0 Å². The SMILES string of the molecule is CCc1cc([N+](CC)(CC)CC)c(SCc2ccccc2)s1. The van der Waals surface area contributed by atoms with Crippen molar-refractivity contribution in [3.63, 3.8) is 0 Å². The molecule has 0 saturated heterocycles. The number of hydrogen-bond acceptors (Lipinski definition) is 2. The third-order valence-corrected chi connectivity index (χ3v) is 7.23. The van der Waals surface area contributed by atoms with Gasteiger partial charge in [-0.05, 0) is 32.8 Å². The molecule has 1 nitrogen and oxygen atoms in total. The van der Waals surface area contributed by atoms with Gasteiger partial charge in [-0.15, -0.1) is 23.1 Å². The van der Waals surface area contributed by atoms with Crippen molar-refractivity contribution in [3.05, 3.63) is 46.8 Å². The lowest BCUT2D eigenvalue weighted by molar-refractivity contribution is 0.312. The van der Waals surface area contributed by atoms with Gasteiger partial charge in [0.05, 0.1) is 19.6 Å². The normalized spacial score (nSPS) is 11.8. The standard InChI is InChI=1S/C19H28NS2/c1-5-17-14-18(20(6-2,7-3)8-4)19(22-17)21-15-16-12-10-9-11-13-16/h9-14H,5-8,15H2,1-4H3/q+1. The molecule has 0 spiro atoms. The van der Waals surface area contributed by atoms with Crippen LogP contribution in [0.5, 0.6) is 0 Å². The molecule has 0 unspecified atom stereocenters. The summed E-state index contributed by atoms with van der Waals surface area (Å²) in [4.78, 5) is 1.52. The summed E-state index contributed by atoms with van der Waals surface area (Å²) in [6.07, 6.45) is 1.14. The van der Waals surface area contributed by atoms with Crippen LogP contribution in [0.1, 0.15) is 38.1 Å². The van der Waals surface area contributed by atoms with Crippen LogP contribution in [-0.4, -0.2) is 19.6 Å². The number of benzene rings is 1. The molecule has 0 aliphatic rings. The number of nitrogens with zero attached hydrogens (tertiary/aromatic N) is 1. The van der Waals surface area contributed by atoms with Gasteiger partial charge in [-0.2, -0.15) is 0 Å². The van der Waals surface area contributed by atoms with Crippen molar-refractivity contribution in [2.75, 3.05) is 19.6 Å². The van der Waals surface area contributed by atoms with Crippen molar-refractivity contribution in [1.82, 2.24) is 4.48 Å². The highest BCUT2D eigenvalue weighted by Gasteiger charge is 2.29. The number of quaternary nitrogens is 1. The first-order valence-electron chi connectivity index (χ1n) is 8.35. The predicted octanol–water partition coefficient (Wildman–Crippen LogP) is 5.97. The molecule has 0 bridgehead atoms. The van der Waals surface area contributed by atoms with Crippen LogP contribution < -0.4 is 4.48 Å². The summed E-state index contributed by atoms with van der Waals surface area (Å²) in [5.41, 5.74) is 2.96. The van der Waals surface area contributed by atoms with Gasteiger partial charge in [0.2, 0.25) is 0 Å². The molecule has 1 aromatic carbocycles. The average Bonchev–Trinajstić information content (AvgIpc) is 3.00. The first-order valence-corrected chi connectivity index (χ1v) is 10.1. The van der Waals surface area contributed by atoms with Gasteiger partial charge < -0.3 is 0 Å². The molecule has 0 saturated carbocycles. The zero-order valence-electron chi connectivity index (χ0n) is 14.3. The van der Waals surface area contributed by atoms with Crippen molar-refractivity contribution in [1.29, 1.82) is 0 Å². The molecule has 0 fully saturated rings. The van der Waals surface area contributed by atoms with Crippen LogP contribution in [0.25, 0.3) is 0 Å². The van der Waals surface area contributed by atoms with Gasteiger partial charge in [-0.3, -0.25) is 4.48 Å². The highest BCUT2D eigenvalue weighted by molar-refractivity contribution is 8.00. The third-order valence-electron chi connectivity index (χ3n) is 4.62. The third kappa shape index (κ3) is 3.76. The van der Waals surface area contributed by atoms with Crippen molar-refractivity contribution >= 4 is 28.8 Å². The lowest BCUT2D eigenvalue weighted by atomic mass is 10.2. The molecule has 0 atom stereocenters. The number of aryl methyl sites for hydroxylation is 1. The summed E-state index contributed by atoms with van der Waals surface area (Å²) in [6, 6.07) is 13.3. The van der Waals surface area contributed by atoms with E-state index in [2.05, 4.69) is 64.1 Å². The summed E-state index contributed by atoms with van der Waals surface area (Å²) in [5, 5.41) is 0. The monoisotopic (exact) mass is 334 g/mol. The average molecular weight is 335 g/mol. The second-order valence-electron chi connectivity index (χ2n) is 5.61. The zero-order valence-corrected chi connectivity index (χ0v) is 15.9. The number of thioether (sulfide) groups is 1. The van der Waals surface area contributed by atoms with Gasteiger partial charge in [0.15, 0.2) is 5.69 Å². The molecule has 2 rings (SSSR count). The molecule has 2 aromatic rings. The molecule has 1 aromatic heterocycles. The fourth-order valence-corrected chi connectivity index (χ4v) is 5.46. The van der Waals surface area contributed by atoms with E-state index in [4.69, 9.17) is 0 Å². The topological polar surface area (TPSA) is 0 Å². The van der Waals surface area contributed by atoms with Crippen molar-refractivity contribution in [3.8, 4) is 0 Å². The van der Waals surface area contributed by atoms with E-state index in [0.29, 0.717) is 0 Å². The zero-order chi connectivity index (χ0) is 16.0. The number of rotatable bonds is 8. The van der Waals surface area contributed by atoms with Crippen LogP contribution in [0.4, 0.5) is 5.69 Å². The Morgan fingerprint density at radius 1 is 0.955 bits per heavy atom. The fraction of sp³-hybridized carbons (Fsp3) is 0.474. The molecule has 0 aliphatic carbocycles. The van der Waals surface area contributed by atoms with Crippen LogP contribution >= 0.6 is 23.1 Å². The van der Waals surface area contributed by atoms with Crippen LogP contribution in [0.2, 0.25) is 0 Å². The Morgan fingerprint density at radius 3 is 2.14 bits per heavy atom. The number of hydrogen-bond donors (Lipinski definition) is 0. The van der Waals surface area contributed by atoms with E-state index in [-0.39, 0.29) is 0 Å². The molecule has 0 N–H and O–H groups in total. The maximum Gasteiger partial charge on any atom is 0.157 e. The van der Waals surface area contributed by atoms with Gasteiger partial charge in [0, 0.05) is 16.7 Å². The van der Waals surface area contributed by atoms with Gasteiger partial charge in [0.1, 0.15) is 4.21 Å². The Bertz CT molecular complexity index is 562. The molecule has 0 amide bonds. The van der Waals surface area contributed by atoms with Crippen LogP contribution in [-0.2, 0) is 12.2 Å². The maximum atomic E-state index is 2.47. The van der Waals surface area contributed by atoms with Gasteiger partial charge in [0.25, 0.3) is 0 Å². The van der Waals surface area contributed by atoms with Crippen LogP contribution in [0.15, 0.2) is 40.6 Å². The molecule has 0 radical (unpaired) electrons. The second-order valence-corrected chi connectivity index (χ2v) is 7.99. The van der Waals surface area contributed by atoms with Crippen LogP contribution in [0.3, 0.4) is 0 Å². The largest absolute Gasteiger partial charge is 0.290 e. The van der Waals surface area contributed by atoms with E-state index >= 15 is 0 Å². The lowest BCUT2D eigenvalue weighted by Crippen LogP contribution is -2.48. The molecule has 120 valence electrons. The summed E-state index contributed by atoms with van der Waals surface area (Å²) in [7, 11) is 0. The fourth-order valence-electron chi connectivity index (χ4n) is 2.93. The Kier molecular flexibility index (Phi) is 6.54. The van der Waals surface area contributed by atoms with Gasteiger partial charge in [-0.1, -0.05) is 37.3 Å². The van der Waals surface area contributed by atoms with E-state index in [1.54, 1.807) is 5.69 Å². The quantitative estimate of drug-likeness (QED) is 0.423.